The summed E-state index contributed by atoms with van der Waals surface area (Å²) in [5.41, 5.74) is 6.69. The van der Waals surface area contributed by atoms with E-state index >= 15 is 0 Å². The molecule has 0 aromatic heterocycles. The summed E-state index contributed by atoms with van der Waals surface area (Å²) >= 11 is 0. The number of hydrogen-bond acceptors (Lipinski definition) is 3. The monoisotopic (exact) mass is 250 g/mol. The van der Waals surface area contributed by atoms with Crippen molar-refractivity contribution in [1.82, 2.24) is 4.90 Å². The normalized spacial score (nSPS) is 11.6. The molecule has 0 heterocycles. The quantitative estimate of drug-likeness (QED) is 0.808. The van der Waals surface area contributed by atoms with Crippen molar-refractivity contribution in [2.45, 2.75) is 46.3 Å². The number of rotatable bonds is 7. The molecule has 0 spiro atoms. The molecule has 1 aromatic carbocycles. The molecule has 0 radical (unpaired) electrons. The van der Waals surface area contributed by atoms with Gasteiger partial charge in [-0.3, -0.25) is 4.90 Å². The van der Waals surface area contributed by atoms with Gasteiger partial charge in [0.15, 0.2) is 0 Å². The fourth-order valence-electron chi connectivity index (χ4n) is 2.10. The van der Waals surface area contributed by atoms with Crippen LogP contribution in [0.25, 0.3) is 0 Å². The Labute approximate surface area is 111 Å². The van der Waals surface area contributed by atoms with E-state index in [1.807, 2.05) is 24.3 Å². The Hall–Kier alpha value is -1.06. The van der Waals surface area contributed by atoms with E-state index in [2.05, 4.69) is 32.6 Å². The standard InChI is InChI=1S/C15H26N2O/c1-12(2)17(13(3)4)9-10-18-15-7-5-14(11-16)6-8-15/h5-8,12-13H,9-11,16H2,1-4H3. The van der Waals surface area contributed by atoms with Gasteiger partial charge in [-0.25, -0.2) is 0 Å². The van der Waals surface area contributed by atoms with E-state index in [0.29, 0.717) is 18.6 Å². The van der Waals surface area contributed by atoms with Gasteiger partial charge in [-0.1, -0.05) is 12.1 Å². The highest BCUT2D eigenvalue weighted by Gasteiger charge is 2.12. The van der Waals surface area contributed by atoms with Gasteiger partial charge in [-0.05, 0) is 45.4 Å². The maximum atomic E-state index is 5.75. The Morgan fingerprint density at radius 1 is 1.06 bits per heavy atom. The summed E-state index contributed by atoms with van der Waals surface area (Å²) in [5.74, 6) is 0.916. The van der Waals surface area contributed by atoms with Crippen molar-refractivity contribution in [3.63, 3.8) is 0 Å². The Morgan fingerprint density at radius 2 is 1.61 bits per heavy atom. The molecular formula is C15H26N2O. The molecule has 0 unspecified atom stereocenters. The first-order chi connectivity index (χ1) is 8.54. The molecule has 1 rings (SSSR count). The average Bonchev–Trinajstić information content (AvgIpc) is 2.34. The molecule has 0 amide bonds. The molecule has 0 aliphatic heterocycles. The zero-order valence-electron chi connectivity index (χ0n) is 12.0. The molecule has 1 aromatic rings. The van der Waals surface area contributed by atoms with Crippen molar-refractivity contribution in [2.75, 3.05) is 13.2 Å². The van der Waals surface area contributed by atoms with Gasteiger partial charge in [0.1, 0.15) is 12.4 Å². The number of ether oxygens (including phenoxy) is 1. The lowest BCUT2D eigenvalue weighted by Gasteiger charge is -2.30. The number of nitrogens with two attached hydrogens (primary N) is 1. The lowest BCUT2D eigenvalue weighted by atomic mass is 10.2. The molecule has 0 fully saturated rings. The molecule has 0 atom stereocenters. The first-order valence-corrected chi connectivity index (χ1v) is 6.72. The molecule has 102 valence electrons. The van der Waals surface area contributed by atoms with Crippen LogP contribution in [-0.2, 0) is 6.54 Å². The van der Waals surface area contributed by atoms with Crippen molar-refractivity contribution < 1.29 is 4.74 Å². The predicted molar refractivity (Wildman–Crippen MR) is 76.8 cm³/mol. The van der Waals surface area contributed by atoms with Gasteiger partial charge in [0, 0.05) is 25.2 Å². The van der Waals surface area contributed by atoms with Crippen LogP contribution in [0.1, 0.15) is 33.3 Å². The van der Waals surface area contributed by atoms with Crippen molar-refractivity contribution in [3.8, 4) is 5.75 Å². The molecule has 3 nitrogen and oxygen atoms in total. The van der Waals surface area contributed by atoms with Crippen molar-refractivity contribution in [2.24, 2.45) is 5.73 Å². The Balaban J connectivity index is 2.40. The van der Waals surface area contributed by atoms with E-state index < -0.39 is 0 Å². The van der Waals surface area contributed by atoms with E-state index in [1.165, 1.54) is 0 Å². The van der Waals surface area contributed by atoms with Gasteiger partial charge in [0.25, 0.3) is 0 Å². The minimum Gasteiger partial charge on any atom is -0.492 e. The fourth-order valence-corrected chi connectivity index (χ4v) is 2.10. The molecule has 18 heavy (non-hydrogen) atoms. The summed E-state index contributed by atoms with van der Waals surface area (Å²) in [6.45, 7) is 11.1. The molecular weight excluding hydrogens is 224 g/mol. The summed E-state index contributed by atoms with van der Waals surface area (Å²) in [6.07, 6.45) is 0. The molecule has 0 aliphatic rings. The first kappa shape index (κ1) is 15.0. The minimum atomic E-state index is 0.549. The second-order valence-corrected chi connectivity index (χ2v) is 5.12. The Kier molecular flexibility index (Phi) is 6.16. The third-order valence-electron chi connectivity index (χ3n) is 3.10. The van der Waals surface area contributed by atoms with E-state index in [9.17, 15) is 0 Å². The number of hydrogen-bond donors (Lipinski definition) is 1. The SMILES string of the molecule is CC(C)N(CCOc1ccc(CN)cc1)C(C)C. The minimum absolute atomic E-state index is 0.549. The van der Waals surface area contributed by atoms with Gasteiger partial charge < -0.3 is 10.5 Å². The lowest BCUT2D eigenvalue weighted by Crippen LogP contribution is -2.39. The predicted octanol–water partition coefficient (Wildman–Crippen LogP) is 2.64. The number of benzene rings is 1. The highest BCUT2D eigenvalue weighted by atomic mass is 16.5. The summed E-state index contributed by atoms with van der Waals surface area (Å²) < 4.78 is 5.75. The van der Waals surface area contributed by atoms with Crippen LogP contribution in [0.2, 0.25) is 0 Å². The summed E-state index contributed by atoms with van der Waals surface area (Å²) in [4.78, 5) is 2.42. The Bertz CT molecular complexity index is 325. The largest absolute Gasteiger partial charge is 0.492 e. The third kappa shape index (κ3) is 4.67. The third-order valence-corrected chi connectivity index (χ3v) is 3.10. The van der Waals surface area contributed by atoms with Gasteiger partial charge in [-0.2, -0.15) is 0 Å². The van der Waals surface area contributed by atoms with E-state index in [0.717, 1.165) is 24.5 Å². The van der Waals surface area contributed by atoms with Crippen LogP contribution < -0.4 is 10.5 Å². The molecule has 0 saturated carbocycles. The highest BCUT2D eigenvalue weighted by molar-refractivity contribution is 5.27. The average molecular weight is 250 g/mol. The van der Waals surface area contributed by atoms with Crippen LogP contribution in [0.5, 0.6) is 5.75 Å². The van der Waals surface area contributed by atoms with Crippen LogP contribution in [0.15, 0.2) is 24.3 Å². The van der Waals surface area contributed by atoms with Crippen LogP contribution in [0.4, 0.5) is 0 Å². The van der Waals surface area contributed by atoms with Gasteiger partial charge >= 0.3 is 0 Å². The molecule has 0 bridgehead atoms. The van der Waals surface area contributed by atoms with Gasteiger partial charge in [0.05, 0.1) is 0 Å². The van der Waals surface area contributed by atoms with E-state index in [1.54, 1.807) is 0 Å². The highest BCUT2D eigenvalue weighted by Crippen LogP contribution is 2.12. The second-order valence-electron chi connectivity index (χ2n) is 5.12. The zero-order valence-corrected chi connectivity index (χ0v) is 12.0. The van der Waals surface area contributed by atoms with Crippen molar-refractivity contribution in [3.05, 3.63) is 29.8 Å². The first-order valence-electron chi connectivity index (χ1n) is 6.72. The van der Waals surface area contributed by atoms with Gasteiger partial charge in [-0.15, -0.1) is 0 Å². The molecule has 3 heteroatoms. The summed E-state index contributed by atoms with van der Waals surface area (Å²) in [5, 5.41) is 0. The van der Waals surface area contributed by atoms with Crippen LogP contribution in [0, 0.1) is 0 Å². The van der Waals surface area contributed by atoms with E-state index in [-0.39, 0.29) is 0 Å². The Morgan fingerprint density at radius 3 is 2.06 bits per heavy atom. The maximum Gasteiger partial charge on any atom is 0.119 e. The fraction of sp³-hybridized carbons (Fsp3) is 0.600. The van der Waals surface area contributed by atoms with E-state index in [4.69, 9.17) is 10.5 Å². The van der Waals surface area contributed by atoms with Crippen LogP contribution in [0.3, 0.4) is 0 Å². The number of nitrogens with zero attached hydrogens (tertiary/aromatic N) is 1. The van der Waals surface area contributed by atoms with Crippen molar-refractivity contribution >= 4 is 0 Å². The smallest absolute Gasteiger partial charge is 0.119 e. The maximum absolute atomic E-state index is 5.75. The van der Waals surface area contributed by atoms with Crippen LogP contribution in [-0.4, -0.2) is 30.1 Å². The van der Waals surface area contributed by atoms with Crippen molar-refractivity contribution in [1.29, 1.82) is 0 Å². The zero-order chi connectivity index (χ0) is 13.5. The summed E-state index contributed by atoms with van der Waals surface area (Å²) in [6, 6.07) is 9.09. The molecule has 0 saturated heterocycles. The molecule has 0 aliphatic carbocycles. The molecule has 2 N–H and O–H groups in total. The second kappa shape index (κ2) is 7.39. The van der Waals surface area contributed by atoms with Gasteiger partial charge in [0.2, 0.25) is 0 Å². The van der Waals surface area contributed by atoms with Crippen LogP contribution >= 0.6 is 0 Å². The summed E-state index contributed by atoms with van der Waals surface area (Å²) in [7, 11) is 0. The lowest BCUT2D eigenvalue weighted by molar-refractivity contribution is 0.142. The topological polar surface area (TPSA) is 38.5 Å².